The van der Waals surface area contributed by atoms with Crippen LogP contribution in [0.4, 0.5) is 0 Å². The fourth-order valence-electron chi connectivity index (χ4n) is 0.688. The molecule has 0 amide bonds. The number of nitrogens with zero attached hydrogens (tertiary/aromatic N) is 1. The third-order valence-corrected chi connectivity index (χ3v) is 2.36. The van der Waals surface area contributed by atoms with Gasteiger partial charge in [0.15, 0.2) is 0 Å². The van der Waals surface area contributed by atoms with Gasteiger partial charge in [0, 0.05) is 10.6 Å². The van der Waals surface area contributed by atoms with Crippen LogP contribution in [-0.2, 0) is 4.43 Å². The van der Waals surface area contributed by atoms with Gasteiger partial charge < -0.3 is 4.74 Å². The lowest BCUT2D eigenvalue weighted by Gasteiger charge is -2.01. The van der Waals surface area contributed by atoms with Gasteiger partial charge in [0.2, 0.25) is 5.88 Å². The first-order valence-electron chi connectivity index (χ1n) is 3.02. The minimum atomic E-state index is 0.486. The third-order valence-electron chi connectivity index (χ3n) is 1.21. The highest BCUT2D eigenvalue weighted by Gasteiger charge is 2.01. The lowest BCUT2D eigenvalue weighted by atomic mass is 10.3. The van der Waals surface area contributed by atoms with Crippen LogP contribution < -0.4 is 4.74 Å². The van der Waals surface area contributed by atoms with Crippen molar-refractivity contribution in [2.24, 2.45) is 0 Å². The third kappa shape index (κ3) is 2.20. The second kappa shape index (κ2) is 4.11. The first-order chi connectivity index (χ1) is 5.27. The van der Waals surface area contributed by atoms with Gasteiger partial charge in [-0.1, -0.05) is 34.2 Å². The van der Waals surface area contributed by atoms with Crippen molar-refractivity contribution < 1.29 is 4.74 Å². The van der Waals surface area contributed by atoms with Gasteiger partial charge in [0.05, 0.1) is 7.11 Å². The summed E-state index contributed by atoms with van der Waals surface area (Å²) in [5.41, 5.74) is 1.11. The van der Waals surface area contributed by atoms with Gasteiger partial charge in [-0.25, -0.2) is 4.98 Å². The number of rotatable bonds is 2. The summed E-state index contributed by atoms with van der Waals surface area (Å²) >= 11 is 8.07. The number of methoxy groups -OCH3 is 1. The maximum Gasteiger partial charge on any atom is 0.232 e. The molecule has 0 saturated heterocycles. The fourth-order valence-corrected chi connectivity index (χ4v) is 1.37. The topological polar surface area (TPSA) is 22.1 Å². The Morgan fingerprint density at radius 2 is 2.45 bits per heavy atom. The van der Waals surface area contributed by atoms with E-state index in [0.717, 1.165) is 9.99 Å². The molecule has 0 fully saturated rings. The standard InChI is InChI=1S/C7H7ClINO/c1-11-7-6(8)2-5(3-9)4-10-7/h2,4H,3H2,1H3. The highest BCUT2D eigenvalue weighted by Crippen LogP contribution is 2.22. The number of alkyl halides is 1. The van der Waals surface area contributed by atoms with Gasteiger partial charge in [-0.15, -0.1) is 0 Å². The van der Waals surface area contributed by atoms with E-state index in [0.29, 0.717) is 10.9 Å². The van der Waals surface area contributed by atoms with Crippen LogP contribution in [0, 0.1) is 0 Å². The summed E-state index contributed by atoms with van der Waals surface area (Å²) in [4.78, 5) is 4.01. The lowest BCUT2D eigenvalue weighted by molar-refractivity contribution is 0.398. The van der Waals surface area contributed by atoms with Crippen LogP contribution in [-0.4, -0.2) is 12.1 Å². The predicted molar refractivity (Wildman–Crippen MR) is 53.5 cm³/mol. The molecule has 4 heteroatoms. The molecule has 0 N–H and O–H groups in total. The zero-order valence-corrected chi connectivity index (χ0v) is 8.89. The molecule has 1 heterocycles. The molecule has 0 aromatic carbocycles. The van der Waals surface area contributed by atoms with Crippen LogP contribution in [0.3, 0.4) is 0 Å². The molecule has 0 spiro atoms. The molecule has 0 aliphatic rings. The van der Waals surface area contributed by atoms with Crippen LogP contribution in [0.25, 0.3) is 0 Å². The van der Waals surface area contributed by atoms with Gasteiger partial charge in [0.1, 0.15) is 5.02 Å². The number of hydrogen-bond donors (Lipinski definition) is 0. The van der Waals surface area contributed by atoms with E-state index in [2.05, 4.69) is 27.6 Å². The Kier molecular flexibility index (Phi) is 3.39. The van der Waals surface area contributed by atoms with Crippen molar-refractivity contribution in [2.75, 3.05) is 7.11 Å². The van der Waals surface area contributed by atoms with E-state index in [4.69, 9.17) is 16.3 Å². The van der Waals surface area contributed by atoms with Gasteiger partial charge in [-0.2, -0.15) is 0 Å². The Labute approximate surface area is 84.1 Å². The minimum absolute atomic E-state index is 0.486. The summed E-state index contributed by atoms with van der Waals surface area (Å²) in [5.74, 6) is 0.486. The van der Waals surface area contributed by atoms with Crippen molar-refractivity contribution in [3.8, 4) is 5.88 Å². The summed E-state index contributed by atoms with van der Waals surface area (Å²) < 4.78 is 5.81. The molecule has 0 atom stereocenters. The molecule has 0 saturated carbocycles. The molecular weight excluding hydrogens is 276 g/mol. The largest absolute Gasteiger partial charge is 0.480 e. The molecule has 0 unspecified atom stereocenters. The maximum absolute atomic E-state index is 5.82. The lowest BCUT2D eigenvalue weighted by Crippen LogP contribution is -1.89. The highest BCUT2D eigenvalue weighted by molar-refractivity contribution is 14.1. The Balaban J connectivity index is 2.99. The molecule has 60 valence electrons. The fraction of sp³-hybridized carbons (Fsp3) is 0.286. The Morgan fingerprint density at radius 3 is 2.91 bits per heavy atom. The molecule has 0 radical (unpaired) electrons. The second-order valence-corrected chi connectivity index (χ2v) is 3.14. The average Bonchev–Trinajstić information content (AvgIpc) is 2.04. The Bertz CT molecular complexity index is 254. The SMILES string of the molecule is COc1ncc(CI)cc1Cl. The highest BCUT2D eigenvalue weighted by atomic mass is 127. The van der Waals surface area contributed by atoms with Gasteiger partial charge in [0.25, 0.3) is 0 Å². The van der Waals surface area contributed by atoms with Gasteiger partial charge in [-0.05, 0) is 11.6 Å². The smallest absolute Gasteiger partial charge is 0.232 e. The summed E-state index contributed by atoms with van der Waals surface area (Å²) in [7, 11) is 1.55. The number of ether oxygens (including phenoxy) is 1. The van der Waals surface area contributed by atoms with E-state index in [1.54, 1.807) is 13.3 Å². The van der Waals surface area contributed by atoms with Crippen molar-refractivity contribution in [2.45, 2.75) is 4.43 Å². The second-order valence-electron chi connectivity index (χ2n) is 1.97. The zero-order chi connectivity index (χ0) is 8.27. The summed E-state index contributed by atoms with van der Waals surface area (Å²) in [6.07, 6.45) is 1.76. The molecule has 1 aromatic rings. The average molecular weight is 283 g/mol. The van der Waals surface area contributed by atoms with Crippen molar-refractivity contribution in [1.82, 2.24) is 4.98 Å². The predicted octanol–water partition coefficient (Wildman–Crippen LogP) is 2.68. The van der Waals surface area contributed by atoms with Crippen molar-refractivity contribution in [3.05, 3.63) is 22.8 Å². The quantitative estimate of drug-likeness (QED) is 0.615. The van der Waals surface area contributed by atoms with Crippen molar-refractivity contribution in [1.29, 1.82) is 0 Å². The van der Waals surface area contributed by atoms with E-state index in [9.17, 15) is 0 Å². The first kappa shape index (κ1) is 9.06. The van der Waals surface area contributed by atoms with Crippen LogP contribution in [0.15, 0.2) is 12.3 Å². The van der Waals surface area contributed by atoms with Gasteiger partial charge >= 0.3 is 0 Å². The Morgan fingerprint density at radius 1 is 1.73 bits per heavy atom. The number of aromatic nitrogens is 1. The van der Waals surface area contributed by atoms with Crippen molar-refractivity contribution >= 4 is 34.2 Å². The van der Waals surface area contributed by atoms with E-state index in [1.807, 2.05) is 6.07 Å². The first-order valence-corrected chi connectivity index (χ1v) is 4.92. The van der Waals surface area contributed by atoms with Crippen LogP contribution in [0.2, 0.25) is 5.02 Å². The molecule has 0 aliphatic carbocycles. The van der Waals surface area contributed by atoms with E-state index < -0.39 is 0 Å². The van der Waals surface area contributed by atoms with E-state index in [-0.39, 0.29) is 0 Å². The van der Waals surface area contributed by atoms with Crippen LogP contribution in [0.5, 0.6) is 5.88 Å². The maximum atomic E-state index is 5.82. The monoisotopic (exact) mass is 283 g/mol. The molecule has 11 heavy (non-hydrogen) atoms. The van der Waals surface area contributed by atoms with Crippen molar-refractivity contribution in [3.63, 3.8) is 0 Å². The number of halogens is 2. The summed E-state index contributed by atoms with van der Waals surface area (Å²) in [6.45, 7) is 0. The zero-order valence-electron chi connectivity index (χ0n) is 5.97. The molecule has 1 aromatic heterocycles. The molecule has 0 aliphatic heterocycles. The van der Waals surface area contributed by atoms with E-state index in [1.165, 1.54) is 0 Å². The Hall–Kier alpha value is -0.0300. The molecule has 1 rings (SSSR count). The normalized spacial score (nSPS) is 9.73. The summed E-state index contributed by atoms with van der Waals surface area (Å²) in [6, 6.07) is 1.86. The van der Waals surface area contributed by atoms with Crippen LogP contribution in [0.1, 0.15) is 5.56 Å². The summed E-state index contributed by atoms with van der Waals surface area (Å²) in [5, 5.41) is 0.571. The van der Waals surface area contributed by atoms with Crippen LogP contribution >= 0.6 is 34.2 Å². The molecule has 2 nitrogen and oxygen atoms in total. The molecule has 0 bridgehead atoms. The number of pyridine rings is 1. The van der Waals surface area contributed by atoms with E-state index >= 15 is 0 Å². The van der Waals surface area contributed by atoms with Gasteiger partial charge in [-0.3, -0.25) is 0 Å². The minimum Gasteiger partial charge on any atom is -0.480 e. The number of hydrogen-bond acceptors (Lipinski definition) is 2. The molecular formula is C7H7ClINO.